The molecule has 7 heteroatoms. The van der Waals surface area contributed by atoms with Crippen molar-refractivity contribution >= 4 is 23.8 Å². The third-order valence-corrected chi connectivity index (χ3v) is 1.60. The Labute approximate surface area is 80.8 Å². The molecule has 0 aliphatic carbocycles. The summed E-state index contributed by atoms with van der Waals surface area (Å²) in [4.78, 5) is 11.7. The summed E-state index contributed by atoms with van der Waals surface area (Å²) in [7, 11) is 3.26. The molecule has 0 aromatic heterocycles. The average Bonchev–Trinajstić information content (AvgIpc) is 2.15. The van der Waals surface area contributed by atoms with Crippen LogP contribution in [0.1, 0.15) is 0 Å². The Bertz CT molecular complexity index is 264. The van der Waals surface area contributed by atoms with E-state index in [0.29, 0.717) is 17.4 Å². The number of hydrazone groups is 1. The highest BCUT2D eigenvalue weighted by Gasteiger charge is 2.12. The van der Waals surface area contributed by atoms with Crippen LogP contribution >= 0.6 is 11.6 Å². The fourth-order valence-electron chi connectivity index (χ4n) is 0.735. The number of hydrazine groups is 2. The number of amidine groups is 1. The molecule has 0 spiro atoms. The second kappa shape index (κ2) is 4.11. The Morgan fingerprint density at radius 3 is 3.08 bits per heavy atom. The minimum atomic E-state index is 0.382. The van der Waals surface area contributed by atoms with Gasteiger partial charge in [0.25, 0.3) is 0 Å². The van der Waals surface area contributed by atoms with Crippen molar-refractivity contribution in [2.75, 3.05) is 14.1 Å². The second-order valence-electron chi connectivity index (χ2n) is 2.31. The third-order valence-electron chi connectivity index (χ3n) is 1.40. The maximum atomic E-state index is 10.4. The molecule has 1 rings (SSSR count). The van der Waals surface area contributed by atoms with Crippen LogP contribution in [0.2, 0.25) is 0 Å². The number of likely N-dealkylation sites (N-methyl/N-ethyl adjacent to an activating group) is 1. The van der Waals surface area contributed by atoms with Crippen molar-refractivity contribution in [2.45, 2.75) is 0 Å². The molecule has 2 N–H and O–H groups in total. The normalized spacial score (nSPS) is 15.8. The highest BCUT2D eigenvalue weighted by molar-refractivity contribution is 6.31. The van der Waals surface area contributed by atoms with Gasteiger partial charge in [-0.25, -0.2) is 5.43 Å². The quantitative estimate of drug-likeness (QED) is 0.466. The van der Waals surface area contributed by atoms with Gasteiger partial charge in [-0.3, -0.25) is 10.2 Å². The molecule has 0 aromatic carbocycles. The van der Waals surface area contributed by atoms with Crippen LogP contribution in [0.15, 0.2) is 16.3 Å². The molecule has 0 bridgehead atoms. The van der Waals surface area contributed by atoms with Crippen LogP contribution < -0.4 is 10.9 Å². The number of carbonyl (C=O) groups excluding carboxylic acids is 1. The lowest BCUT2D eigenvalue weighted by molar-refractivity contribution is -0.114. The molecule has 0 radical (unpaired) electrons. The highest BCUT2D eigenvalue weighted by Crippen LogP contribution is 2.05. The summed E-state index contributed by atoms with van der Waals surface area (Å²) >= 11 is 5.73. The standard InChI is InChI=1S/C6H10ClN5O/c1-8-12-9-5(7)3-6(10-12)11(2)4-13/h3-4,8-9H,1-2H3. The van der Waals surface area contributed by atoms with Gasteiger partial charge < -0.3 is 4.90 Å². The first-order chi connectivity index (χ1) is 6.17. The zero-order valence-corrected chi connectivity index (χ0v) is 8.04. The van der Waals surface area contributed by atoms with Gasteiger partial charge >= 0.3 is 0 Å². The zero-order valence-electron chi connectivity index (χ0n) is 7.28. The summed E-state index contributed by atoms with van der Waals surface area (Å²) in [5, 5.41) is 5.67. The smallest absolute Gasteiger partial charge is 0.215 e. The van der Waals surface area contributed by atoms with Crippen molar-refractivity contribution in [2.24, 2.45) is 5.10 Å². The van der Waals surface area contributed by atoms with E-state index in [1.165, 1.54) is 10.1 Å². The minimum Gasteiger partial charge on any atom is -0.301 e. The Morgan fingerprint density at radius 1 is 1.85 bits per heavy atom. The van der Waals surface area contributed by atoms with E-state index in [0.717, 1.165) is 0 Å². The van der Waals surface area contributed by atoms with Crippen molar-refractivity contribution in [1.82, 2.24) is 21.0 Å². The molecule has 72 valence electrons. The van der Waals surface area contributed by atoms with Crippen LogP contribution in [0.3, 0.4) is 0 Å². The molecule has 13 heavy (non-hydrogen) atoms. The van der Waals surface area contributed by atoms with Gasteiger partial charge in [0.2, 0.25) is 6.41 Å². The van der Waals surface area contributed by atoms with E-state index in [4.69, 9.17) is 11.6 Å². The van der Waals surface area contributed by atoms with Crippen LogP contribution in [0, 0.1) is 0 Å². The molecular weight excluding hydrogens is 194 g/mol. The number of carbonyl (C=O) groups is 1. The maximum Gasteiger partial charge on any atom is 0.215 e. The number of nitrogens with one attached hydrogen (secondary N) is 2. The van der Waals surface area contributed by atoms with Crippen LogP contribution in [-0.2, 0) is 4.79 Å². The number of hydrogen-bond acceptors (Lipinski definition) is 5. The van der Waals surface area contributed by atoms with E-state index in [1.54, 1.807) is 20.2 Å². The van der Waals surface area contributed by atoms with Crippen LogP contribution in [-0.4, -0.2) is 36.5 Å². The number of nitrogens with zero attached hydrogens (tertiary/aromatic N) is 3. The maximum absolute atomic E-state index is 10.4. The molecule has 0 saturated heterocycles. The van der Waals surface area contributed by atoms with Crippen molar-refractivity contribution in [1.29, 1.82) is 0 Å². The van der Waals surface area contributed by atoms with Gasteiger partial charge in [-0.15, -0.1) is 10.3 Å². The Morgan fingerprint density at radius 2 is 2.54 bits per heavy atom. The first-order valence-corrected chi connectivity index (χ1v) is 3.93. The molecule has 0 fully saturated rings. The highest BCUT2D eigenvalue weighted by atomic mass is 35.5. The Hall–Kier alpha value is -1.27. The Kier molecular flexibility index (Phi) is 3.10. The zero-order chi connectivity index (χ0) is 9.84. The van der Waals surface area contributed by atoms with Crippen molar-refractivity contribution in [3.05, 3.63) is 11.2 Å². The second-order valence-corrected chi connectivity index (χ2v) is 2.72. The van der Waals surface area contributed by atoms with Gasteiger partial charge in [-0.1, -0.05) is 11.6 Å². The third kappa shape index (κ3) is 2.33. The van der Waals surface area contributed by atoms with Gasteiger partial charge in [0.05, 0.1) is 0 Å². The Balaban J connectivity index is 2.82. The van der Waals surface area contributed by atoms with E-state index in [2.05, 4.69) is 16.0 Å². The summed E-state index contributed by atoms with van der Waals surface area (Å²) in [5.41, 5.74) is 5.40. The van der Waals surface area contributed by atoms with E-state index >= 15 is 0 Å². The largest absolute Gasteiger partial charge is 0.301 e. The van der Waals surface area contributed by atoms with Gasteiger partial charge in [0.1, 0.15) is 5.16 Å². The summed E-state index contributed by atoms with van der Waals surface area (Å²) in [6.45, 7) is 0. The summed E-state index contributed by atoms with van der Waals surface area (Å²) in [6, 6.07) is 0. The molecule has 0 saturated carbocycles. The first kappa shape index (κ1) is 9.82. The monoisotopic (exact) mass is 203 g/mol. The molecule has 1 aliphatic heterocycles. The molecule has 0 unspecified atom stereocenters. The molecule has 0 atom stereocenters. The predicted molar refractivity (Wildman–Crippen MR) is 49.2 cm³/mol. The predicted octanol–water partition coefficient (Wildman–Crippen LogP) is -0.577. The lowest BCUT2D eigenvalue weighted by Gasteiger charge is -2.25. The molecule has 1 amide bonds. The van der Waals surface area contributed by atoms with E-state index in [-0.39, 0.29) is 0 Å². The first-order valence-electron chi connectivity index (χ1n) is 3.55. The van der Waals surface area contributed by atoms with Crippen LogP contribution in [0.5, 0.6) is 0 Å². The lowest BCUT2D eigenvalue weighted by Crippen LogP contribution is -2.45. The van der Waals surface area contributed by atoms with Gasteiger partial charge in [0, 0.05) is 20.2 Å². The van der Waals surface area contributed by atoms with Crippen molar-refractivity contribution in [3.8, 4) is 0 Å². The minimum absolute atomic E-state index is 0.382. The van der Waals surface area contributed by atoms with Crippen molar-refractivity contribution in [3.63, 3.8) is 0 Å². The topological polar surface area (TPSA) is 60.0 Å². The summed E-state index contributed by atoms with van der Waals surface area (Å²) in [5.74, 6) is 0.452. The molecule has 6 nitrogen and oxygen atoms in total. The van der Waals surface area contributed by atoms with Gasteiger partial charge in [-0.2, -0.15) is 0 Å². The van der Waals surface area contributed by atoms with E-state index in [9.17, 15) is 4.79 Å². The van der Waals surface area contributed by atoms with E-state index < -0.39 is 0 Å². The van der Waals surface area contributed by atoms with Crippen LogP contribution in [0.4, 0.5) is 0 Å². The molecular formula is C6H10ClN5O. The number of halogens is 1. The fraction of sp³-hybridized carbons (Fsp3) is 0.333. The molecule has 0 aromatic rings. The van der Waals surface area contributed by atoms with Gasteiger partial charge in [-0.05, 0) is 0 Å². The lowest BCUT2D eigenvalue weighted by atomic mass is 10.5. The molecule has 1 aliphatic rings. The number of rotatable bonds is 2. The number of amides is 1. The molecule has 1 heterocycles. The average molecular weight is 204 g/mol. The van der Waals surface area contributed by atoms with Crippen LogP contribution in [0.25, 0.3) is 0 Å². The van der Waals surface area contributed by atoms with E-state index in [1.807, 2.05) is 0 Å². The summed E-state index contributed by atoms with van der Waals surface area (Å²) < 4.78 is 0. The SMILES string of the molecule is CNN1N=C(N(C)C=O)C=C(Cl)N1. The van der Waals surface area contributed by atoms with Crippen molar-refractivity contribution < 1.29 is 4.79 Å². The number of hydrogen-bond donors (Lipinski definition) is 2. The van der Waals surface area contributed by atoms with Gasteiger partial charge in [0.15, 0.2) is 5.84 Å². The summed E-state index contributed by atoms with van der Waals surface area (Å²) in [6.07, 6.45) is 2.20. The fourth-order valence-corrected chi connectivity index (χ4v) is 0.913.